The van der Waals surface area contributed by atoms with Crippen molar-refractivity contribution in [2.75, 3.05) is 0 Å². The molecule has 0 aromatic carbocycles. The minimum atomic E-state index is -2.60. The van der Waals surface area contributed by atoms with Gasteiger partial charge >= 0.3 is 0 Å². The SMILES string of the molecule is C=C(CC)c1cnc(Cl)c(C(F)F)c1. The van der Waals surface area contributed by atoms with Crippen molar-refractivity contribution < 1.29 is 8.78 Å². The molecule has 1 heterocycles. The van der Waals surface area contributed by atoms with Gasteiger partial charge in [-0.15, -0.1) is 0 Å². The van der Waals surface area contributed by atoms with E-state index < -0.39 is 6.43 Å². The monoisotopic (exact) mass is 217 g/mol. The van der Waals surface area contributed by atoms with Crippen molar-refractivity contribution in [3.63, 3.8) is 0 Å². The van der Waals surface area contributed by atoms with Crippen LogP contribution in [-0.4, -0.2) is 4.98 Å². The Kier molecular flexibility index (Phi) is 3.58. The predicted molar refractivity (Wildman–Crippen MR) is 53.5 cm³/mol. The summed E-state index contributed by atoms with van der Waals surface area (Å²) >= 11 is 5.52. The second-order valence-corrected chi connectivity index (χ2v) is 3.22. The van der Waals surface area contributed by atoms with E-state index in [1.807, 2.05) is 6.92 Å². The first-order chi connectivity index (χ1) is 6.56. The quantitative estimate of drug-likeness (QED) is 0.695. The molecule has 0 bridgehead atoms. The first kappa shape index (κ1) is 11.1. The Morgan fingerprint density at radius 1 is 1.64 bits per heavy atom. The lowest BCUT2D eigenvalue weighted by molar-refractivity contribution is 0.151. The lowest BCUT2D eigenvalue weighted by atomic mass is 10.1. The maximum absolute atomic E-state index is 12.4. The zero-order valence-electron chi connectivity index (χ0n) is 7.73. The molecule has 1 rings (SSSR count). The van der Waals surface area contributed by atoms with E-state index in [2.05, 4.69) is 11.6 Å². The number of hydrogen-bond acceptors (Lipinski definition) is 1. The van der Waals surface area contributed by atoms with Gasteiger partial charge in [0.25, 0.3) is 6.43 Å². The number of alkyl halides is 2. The van der Waals surface area contributed by atoms with Gasteiger partial charge in [-0.1, -0.05) is 25.1 Å². The van der Waals surface area contributed by atoms with Gasteiger partial charge in [-0.2, -0.15) is 0 Å². The van der Waals surface area contributed by atoms with E-state index in [0.717, 1.165) is 5.57 Å². The fourth-order valence-corrected chi connectivity index (χ4v) is 1.20. The highest BCUT2D eigenvalue weighted by molar-refractivity contribution is 6.30. The molecular weight excluding hydrogens is 208 g/mol. The van der Waals surface area contributed by atoms with Crippen molar-refractivity contribution in [1.82, 2.24) is 4.98 Å². The van der Waals surface area contributed by atoms with E-state index >= 15 is 0 Å². The maximum atomic E-state index is 12.4. The summed E-state index contributed by atoms with van der Waals surface area (Å²) < 4.78 is 24.8. The molecule has 1 aromatic rings. The number of allylic oxidation sites excluding steroid dienone is 1. The second-order valence-electron chi connectivity index (χ2n) is 2.86. The van der Waals surface area contributed by atoms with Crippen LogP contribution >= 0.6 is 11.6 Å². The smallest absolute Gasteiger partial charge is 0.243 e. The van der Waals surface area contributed by atoms with Crippen LogP contribution in [0.5, 0.6) is 0 Å². The summed E-state index contributed by atoms with van der Waals surface area (Å²) in [5.41, 5.74) is 1.15. The van der Waals surface area contributed by atoms with Crippen molar-refractivity contribution in [3.05, 3.63) is 35.1 Å². The summed E-state index contributed by atoms with van der Waals surface area (Å²) in [6.45, 7) is 5.65. The molecule has 0 fully saturated rings. The number of nitrogens with zero attached hydrogens (tertiary/aromatic N) is 1. The molecule has 0 aliphatic heterocycles. The van der Waals surface area contributed by atoms with Gasteiger partial charge in [0.2, 0.25) is 0 Å². The van der Waals surface area contributed by atoms with Gasteiger partial charge in [-0.25, -0.2) is 13.8 Å². The first-order valence-corrected chi connectivity index (χ1v) is 4.55. The van der Waals surface area contributed by atoms with E-state index in [-0.39, 0.29) is 10.7 Å². The number of hydrogen-bond donors (Lipinski definition) is 0. The highest BCUT2D eigenvalue weighted by atomic mass is 35.5. The third kappa shape index (κ3) is 2.29. The average Bonchev–Trinajstić information content (AvgIpc) is 2.17. The van der Waals surface area contributed by atoms with Gasteiger partial charge in [-0.05, 0) is 23.6 Å². The summed E-state index contributed by atoms with van der Waals surface area (Å²) in [6.07, 6.45) is -0.439. The fraction of sp³-hybridized carbons (Fsp3) is 0.300. The van der Waals surface area contributed by atoms with Crippen LogP contribution in [0.4, 0.5) is 8.78 Å². The zero-order valence-corrected chi connectivity index (χ0v) is 8.48. The van der Waals surface area contributed by atoms with E-state index in [9.17, 15) is 8.78 Å². The van der Waals surface area contributed by atoms with Gasteiger partial charge in [-0.3, -0.25) is 0 Å². The molecule has 0 amide bonds. The van der Waals surface area contributed by atoms with Crippen molar-refractivity contribution in [1.29, 1.82) is 0 Å². The third-order valence-electron chi connectivity index (χ3n) is 1.94. The molecule has 0 radical (unpaired) electrons. The Morgan fingerprint density at radius 3 is 2.79 bits per heavy atom. The fourth-order valence-electron chi connectivity index (χ4n) is 1.02. The van der Waals surface area contributed by atoms with Gasteiger partial charge in [0.1, 0.15) is 5.15 Å². The zero-order chi connectivity index (χ0) is 10.7. The second kappa shape index (κ2) is 4.51. The van der Waals surface area contributed by atoms with Crippen LogP contribution in [-0.2, 0) is 0 Å². The van der Waals surface area contributed by atoms with Gasteiger partial charge in [0, 0.05) is 6.20 Å². The van der Waals surface area contributed by atoms with Crippen LogP contribution in [0.25, 0.3) is 5.57 Å². The van der Waals surface area contributed by atoms with E-state index in [0.29, 0.717) is 12.0 Å². The van der Waals surface area contributed by atoms with Crippen molar-refractivity contribution in [3.8, 4) is 0 Å². The molecule has 1 nitrogen and oxygen atoms in total. The van der Waals surface area contributed by atoms with Crippen LogP contribution in [0.1, 0.15) is 30.9 Å². The Balaban J connectivity index is 3.13. The highest BCUT2D eigenvalue weighted by Crippen LogP contribution is 2.28. The Bertz CT molecular complexity index is 350. The standard InChI is InChI=1S/C10H10ClF2N/c1-3-6(2)7-4-8(10(12)13)9(11)14-5-7/h4-5,10H,2-3H2,1H3. The largest absolute Gasteiger partial charge is 0.266 e. The minimum absolute atomic E-state index is 0.146. The lowest BCUT2D eigenvalue weighted by Gasteiger charge is -2.06. The van der Waals surface area contributed by atoms with Crippen molar-refractivity contribution in [2.45, 2.75) is 19.8 Å². The molecule has 76 valence electrons. The predicted octanol–water partition coefficient (Wildman–Crippen LogP) is 4.10. The number of pyridine rings is 1. The number of rotatable bonds is 3. The Labute approximate surface area is 86.4 Å². The van der Waals surface area contributed by atoms with E-state index in [1.54, 1.807) is 0 Å². The molecule has 0 N–H and O–H groups in total. The third-order valence-corrected chi connectivity index (χ3v) is 2.25. The summed E-state index contributed by atoms with van der Waals surface area (Å²) in [5.74, 6) is 0. The summed E-state index contributed by atoms with van der Waals surface area (Å²) in [6, 6.07) is 1.34. The Hall–Kier alpha value is -0.960. The number of halogens is 3. The molecule has 0 atom stereocenters. The Morgan fingerprint density at radius 2 is 2.29 bits per heavy atom. The highest BCUT2D eigenvalue weighted by Gasteiger charge is 2.14. The molecule has 4 heteroatoms. The maximum Gasteiger partial charge on any atom is 0.266 e. The van der Waals surface area contributed by atoms with Crippen LogP contribution in [0.15, 0.2) is 18.8 Å². The normalized spacial score (nSPS) is 10.6. The molecule has 14 heavy (non-hydrogen) atoms. The van der Waals surface area contributed by atoms with Crippen molar-refractivity contribution in [2.24, 2.45) is 0 Å². The van der Waals surface area contributed by atoms with Crippen LogP contribution in [0.3, 0.4) is 0 Å². The average molecular weight is 218 g/mol. The molecule has 1 aromatic heterocycles. The topological polar surface area (TPSA) is 12.9 Å². The minimum Gasteiger partial charge on any atom is -0.243 e. The van der Waals surface area contributed by atoms with Crippen LogP contribution < -0.4 is 0 Å². The van der Waals surface area contributed by atoms with Gasteiger partial charge in [0.05, 0.1) is 5.56 Å². The molecule has 0 aliphatic carbocycles. The summed E-state index contributed by atoms with van der Waals surface area (Å²) in [5, 5.41) is -0.146. The van der Waals surface area contributed by atoms with E-state index in [4.69, 9.17) is 11.6 Å². The summed E-state index contributed by atoms with van der Waals surface area (Å²) in [4.78, 5) is 3.69. The van der Waals surface area contributed by atoms with Crippen molar-refractivity contribution >= 4 is 17.2 Å². The molecule has 0 unspecified atom stereocenters. The van der Waals surface area contributed by atoms with Gasteiger partial charge in [0.15, 0.2) is 0 Å². The van der Waals surface area contributed by atoms with Gasteiger partial charge < -0.3 is 0 Å². The molecule has 0 aliphatic rings. The molecule has 0 saturated carbocycles. The lowest BCUT2D eigenvalue weighted by Crippen LogP contribution is -1.92. The number of aromatic nitrogens is 1. The van der Waals surface area contributed by atoms with Crippen LogP contribution in [0.2, 0.25) is 5.15 Å². The van der Waals surface area contributed by atoms with E-state index in [1.165, 1.54) is 12.3 Å². The first-order valence-electron chi connectivity index (χ1n) is 4.18. The molecule has 0 spiro atoms. The summed E-state index contributed by atoms with van der Waals surface area (Å²) in [7, 11) is 0. The van der Waals surface area contributed by atoms with Crippen LogP contribution in [0, 0.1) is 0 Å². The molecular formula is C10H10ClF2N. The molecule has 0 saturated heterocycles.